The molecule has 0 unspecified atom stereocenters. The minimum Gasteiger partial charge on any atom is -2.00 e. The molecule has 0 aromatic heterocycles. The van der Waals surface area contributed by atoms with Gasteiger partial charge in [-0.3, -0.25) is 9.59 Å². The van der Waals surface area contributed by atoms with Crippen LogP contribution >= 0.6 is 0 Å². The average molecular weight is 530 g/mol. The molecule has 0 heterocycles. The summed E-state index contributed by atoms with van der Waals surface area (Å²) >= 11 is 9.43. The van der Waals surface area contributed by atoms with Crippen molar-refractivity contribution in [3.63, 3.8) is 0 Å². The van der Waals surface area contributed by atoms with Crippen molar-refractivity contribution in [1.29, 1.82) is 0 Å². The molecule has 6 N–H and O–H groups in total. The minimum atomic E-state index is -0.514. The fourth-order valence-corrected chi connectivity index (χ4v) is 2.95. The van der Waals surface area contributed by atoms with E-state index in [-0.39, 0.29) is 35.8 Å². The smallest absolute Gasteiger partial charge is 2.00 e. The summed E-state index contributed by atoms with van der Waals surface area (Å²) in [6.07, 6.45) is 14.7. The first-order chi connectivity index (χ1) is 14.4. The standard InChI is InChI=1S/2C11H24N2OS.O.V/c2*1-2-3-4-5-6-7-8-13-11(14)10(12)9-15;;/h2*10,15H,2-9,12H2,1H3,(H,13,14);;/q;;-2;+4/p-2/t2*10-;;/m00../s1. The Labute approximate surface area is 219 Å². The van der Waals surface area contributed by atoms with Gasteiger partial charge in [-0.25, -0.2) is 0 Å². The molecule has 0 fully saturated rings. The van der Waals surface area contributed by atoms with Gasteiger partial charge in [0, 0.05) is 13.1 Å². The Kier molecular flexibility index (Phi) is 38.2. The van der Waals surface area contributed by atoms with E-state index < -0.39 is 12.1 Å². The average Bonchev–Trinajstić information content (AvgIpc) is 2.76. The molecule has 0 rings (SSSR count). The zero-order chi connectivity index (χ0) is 23.0. The van der Waals surface area contributed by atoms with Crippen LogP contribution in [0.5, 0.6) is 0 Å². The van der Waals surface area contributed by atoms with E-state index in [1.54, 1.807) is 0 Å². The third-order valence-electron chi connectivity index (χ3n) is 4.69. The van der Waals surface area contributed by atoms with E-state index >= 15 is 0 Å². The quantitative estimate of drug-likeness (QED) is 0.159. The Morgan fingerprint density at radius 2 is 0.938 bits per heavy atom. The Balaban J connectivity index is -0.000000231. The first-order valence-corrected chi connectivity index (χ1v) is 12.8. The van der Waals surface area contributed by atoms with Crippen LogP contribution in [0, 0.1) is 0 Å². The molecule has 189 valence electrons. The molecule has 10 heteroatoms. The predicted molar refractivity (Wildman–Crippen MR) is 134 cm³/mol. The molecule has 0 aromatic rings. The Bertz CT molecular complexity index is 375. The van der Waals surface area contributed by atoms with Gasteiger partial charge in [-0.05, 0) is 12.8 Å². The van der Waals surface area contributed by atoms with Crippen molar-refractivity contribution in [3.05, 3.63) is 0 Å². The molecule has 0 bridgehead atoms. The van der Waals surface area contributed by atoms with Crippen molar-refractivity contribution < 1.29 is 33.6 Å². The minimum absolute atomic E-state index is 0. The van der Waals surface area contributed by atoms with Crippen molar-refractivity contribution >= 4 is 37.1 Å². The Morgan fingerprint density at radius 1 is 0.656 bits per heavy atom. The first-order valence-electron chi connectivity index (χ1n) is 11.7. The summed E-state index contributed by atoms with van der Waals surface area (Å²) in [7, 11) is 0. The molecule has 0 aliphatic heterocycles. The van der Waals surface area contributed by atoms with Gasteiger partial charge in [0.1, 0.15) is 0 Å². The third kappa shape index (κ3) is 28.1. The number of carbonyl (C=O) groups excluding carboxylic acids is 2. The molecular formula is C22H46N4O3S2V. The predicted octanol–water partition coefficient (Wildman–Crippen LogP) is 2.55. The van der Waals surface area contributed by atoms with Gasteiger partial charge < -0.3 is 52.8 Å². The van der Waals surface area contributed by atoms with Gasteiger partial charge in [0.05, 0.1) is 12.1 Å². The van der Waals surface area contributed by atoms with Gasteiger partial charge in [-0.1, -0.05) is 78.1 Å². The summed E-state index contributed by atoms with van der Waals surface area (Å²) < 4.78 is 0. The van der Waals surface area contributed by atoms with Gasteiger partial charge in [0.2, 0.25) is 11.8 Å². The van der Waals surface area contributed by atoms with E-state index in [2.05, 4.69) is 24.5 Å². The first kappa shape index (κ1) is 39.3. The summed E-state index contributed by atoms with van der Waals surface area (Å²) in [4.78, 5) is 22.4. The Hall–Kier alpha value is 0.104. The van der Waals surface area contributed by atoms with Crippen molar-refractivity contribution in [1.82, 2.24) is 10.6 Å². The molecule has 2 amide bonds. The van der Waals surface area contributed by atoms with Crippen LogP contribution < -0.4 is 22.1 Å². The second-order valence-corrected chi connectivity index (χ2v) is 8.33. The third-order valence-corrected chi connectivity index (χ3v) is 5.41. The Morgan fingerprint density at radius 3 is 1.22 bits per heavy atom. The van der Waals surface area contributed by atoms with Crippen LogP contribution in [0.2, 0.25) is 0 Å². The molecule has 32 heavy (non-hydrogen) atoms. The molecular weight excluding hydrogens is 483 g/mol. The number of nitrogens with two attached hydrogens (primary N) is 2. The molecule has 0 aliphatic rings. The fourth-order valence-electron chi connectivity index (χ4n) is 2.65. The number of nitrogens with one attached hydrogen (secondary N) is 2. The van der Waals surface area contributed by atoms with Gasteiger partial charge in [0.15, 0.2) is 0 Å². The van der Waals surface area contributed by atoms with Crippen LogP contribution in [0.3, 0.4) is 0 Å². The summed E-state index contributed by atoms with van der Waals surface area (Å²) in [6, 6.07) is -1.03. The van der Waals surface area contributed by atoms with Gasteiger partial charge in [-0.15, -0.1) is 0 Å². The molecule has 0 saturated heterocycles. The van der Waals surface area contributed by atoms with Crippen molar-refractivity contribution in [2.45, 2.75) is 103 Å². The van der Waals surface area contributed by atoms with Gasteiger partial charge in [0.25, 0.3) is 0 Å². The summed E-state index contributed by atoms with van der Waals surface area (Å²) in [5.41, 5.74) is 11.0. The van der Waals surface area contributed by atoms with Crippen LogP contribution in [-0.4, -0.2) is 48.5 Å². The second-order valence-electron chi connectivity index (χ2n) is 7.66. The summed E-state index contributed by atoms with van der Waals surface area (Å²) in [5.74, 6) is 0.363. The molecule has 1 radical (unpaired) electrons. The number of amides is 2. The number of unbranched alkanes of at least 4 members (excludes halogenated alkanes) is 10. The second kappa shape index (κ2) is 31.1. The maximum atomic E-state index is 11.2. The van der Waals surface area contributed by atoms with Crippen LogP contribution in [0.4, 0.5) is 0 Å². The van der Waals surface area contributed by atoms with Crippen LogP contribution in [-0.2, 0) is 58.9 Å². The van der Waals surface area contributed by atoms with E-state index in [4.69, 9.17) is 36.7 Å². The van der Waals surface area contributed by atoms with E-state index in [0.717, 1.165) is 25.9 Å². The van der Waals surface area contributed by atoms with E-state index in [1.165, 1.54) is 64.2 Å². The topological polar surface area (TPSA) is 139 Å². The van der Waals surface area contributed by atoms with Crippen LogP contribution in [0.15, 0.2) is 0 Å². The van der Waals surface area contributed by atoms with Crippen LogP contribution in [0.25, 0.3) is 0 Å². The number of hydrogen-bond donors (Lipinski definition) is 4. The summed E-state index contributed by atoms with van der Waals surface area (Å²) in [6.45, 7) is 5.87. The van der Waals surface area contributed by atoms with Crippen molar-refractivity contribution in [3.8, 4) is 0 Å². The van der Waals surface area contributed by atoms with Crippen molar-refractivity contribution in [2.24, 2.45) is 11.5 Å². The zero-order valence-corrected chi connectivity index (χ0v) is 23.1. The monoisotopic (exact) mass is 529 g/mol. The molecule has 2 atom stereocenters. The summed E-state index contributed by atoms with van der Waals surface area (Å²) in [5, 5.41) is 5.59. The zero-order valence-electron chi connectivity index (χ0n) is 20.1. The maximum absolute atomic E-state index is 11.2. The van der Waals surface area contributed by atoms with E-state index in [1.807, 2.05) is 0 Å². The SMILES string of the molecule is CCCCCCCCNC(=O)[C@@H](N)C[S-].CCCCCCCCNC(=O)[C@@H](N)C[S-].[O-2].[V+4]. The molecule has 7 nitrogen and oxygen atoms in total. The van der Waals surface area contributed by atoms with Crippen LogP contribution in [0.1, 0.15) is 90.9 Å². The normalized spacial score (nSPS) is 11.7. The van der Waals surface area contributed by atoms with Gasteiger partial charge in [-0.2, -0.15) is 11.5 Å². The fraction of sp³-hybridized carbons (Fsp3) is 0.909. The number of rotatable bonds is 18. The number of carbonyl (C=O) groups is 2. The number of hydrogen-bond acceptors (Lipinski definition) is 6. The van der Waals surface area contributed by atoms with E-state index in [0.29, 0.717) is 11.5 Å². The maximum Gasteiger partial charge on any atom is 4.00 e. The molecule has 0 saturated carbocycles. The van der Waals surface area contributed by atoms with Crippen molar-refractivity contribution in [2.75, 3.05) is 24.6 Å². The molecule has 0 aliphatic carbocycles. The van der Waals surface area contributed by atoms with Gasteiger partial charge >= 0.3 is 18.6 Å². The molecule has 0 aromatic carbocycles. The van der Waals surface area contributed by atoms with E-state index in [9.17, 15) is 9.59 Å². The molecule has 0 spiro atoms. The largest absolute Gasteiger partial charge is 4.00 e.